The van der Waals surface area contributed by atoms with Gasteiger partial charge in [-0.15, -0.1) is 0 Å². The van der Waals surface area contributed by atoms with Crippen molar-refractivity contribution in [2.75, 3.05) is 20.8 Å². The van der Waals surface area contributed by atoms with Crippen LogP contribution in [0, 0.1) is 0 Å². The number of H-pyrrole nitrogens is 1. The van der Waals surface area contributed by atoms with Crippen LogP contribution in [0.1, 0.15) is 17.4 Å². The number of rotatable bonds is 4. The van der Waals surface area contributed by atoms with Crippen LogP contribution in [0.25, 0.3) is 10.9 Å². The first-order valence-electron chi connectivity index (χ1n) is 5.62. The Morgan fingerprint density at radius 1 is 1.28 bits per heavy atom. The molecule has 0 fully saturated rings. The van der Waals surface area contributed by atoms with E-state index in [1.807, 2.05) is 6.07 Å². The van der Waals surface area contributed by atoms with E-state index in [0.717, 1.165) is 10.9 Å². The molecule has 0 aliphatic heterocycles. The molecule has 0 unspecified atom stereocenters. The third kappa shape index (κ3) is 1.99. The minimum absolute atomic E-state index is 0.342. The third-order valence-electron chi connectivity index (χ3n) is 2.64. The van der Waals surface area contributed by atoms with Crippen LogP contribution in [-0.2, 0) is 4.74 Å². The topological polar surface area (TPSA) is 60.6 Å². The van der Waals surface area contributed by atoms with Crippen molar-refractivity contribution in [1.82, 2.24) is 4.98 Å². The summed E-state index contributed by atoms with van der Waals surface area (Å²) in [6.07, 6.45) is 0. The number of hydrogen-bond donors (Lipinski definition) is 1. The Morgan fingerprint density at radius 3 is 2.67 bits per heavy atom. The molecule has 0 spiro atoms. The van der Waals surface area contributed by atoms with E-state index in [4.69, 9.17) is 14.2 Å². The number of methoxy groups -OCH3 is 2. The van der Waals surface area contributed by atoms with Gasteiger partial charge in [-0.25, -0.2) is 4.79 Å². The fraction of sp³-hybridized carbons (Fsp3) is 0.308. The van der Waals surface area contributed by atoms with Crippen molar-refractivity contribution in [3.05, 3.63) is 23.9 Å². The van der Waals surface area contributed by atoms with Gasteiger partial charge in [0.05, 0.1) is 26.3 Å². The quantitative estimate of drug-likeness (QED) is 0.845. The second kappa shape index (κ2) is 5.00. The lowest BCUT2D eigenvalue weighted by molar-refractivity contribution is 0.0520. The van der Waals surface area contributed by atoms with Gasteiger partial charge in [-0.05, 0) is 25.1 Å². The lowest BCUT2D eigenvalue weighted by atomic mass is 10.2. The van der Waals surface area contributed by atoms with Crippen LogP contribution < -0.4 is 9.47 Å². The number of hydrogen-bond acceptors (Lipinski definition) is 4. The highest BCUT2D eigenvalue weighted by Crippen LogP contribution is 2.35. The molecule has 1 N–H and O–H groups in total. The Kier molecular flexibility index (Phi) is 3.41. The Labute approximate surface area is 105 Å². The van der Waals surface area contributed by atoms with Crippen LogP contribution in [0.3, 0.4) is 0 Å². The van der Waals surface area contributed by atoms with Crippen LogP contribution in [0.15, 0.2) is 18.2 Å². The smallest absolute Gasteiger partial charge is 0.354 e. The number of fused-ring (bicyclic) bond motifs is 1. The first-order valence-corrected chi connectivity index (χ1v) is 5.62. The minimum atomic E-state index is -0.380. The van der Waals surface area contributed by atoms with E-state index in [2.05, 4.69) is 4.98 Å². The zero-order valence-corrected chi connectivity index (χ0v) is 10.6. The average Bonchev–Trinajstić information content (AvgIpc) is 2.81. The standard InChI is InChI=1S/C13H15NO4/c1-4-18-13(15)10-7-8-9(14-10)5-6-11(16-2)12(8)17-3/h5-7,14H,4H2,1-3H3. The van der Waals surface area contributed by atoms with Crippen molar-refractivity contribution in [2.24, 2.45) is 0 Å². The summed E-state index contributed by atoms with van der Waals surface area (Å²) in [6, 6.07) is 5.32. The number of aromatic nitrogens is 1. The molecular weight excluding hydrogens is 234 g/mol. The van der Waals surface area contributed by atoms with Crippen molar-refractivity contribution in [2.45, 2.75) is 6.92 Å². The number of nitrogens with one attached hydrogen (secondary N) is 1. The summed E-state index contributed by atoms with van der Waals surface area (Å²) >= 11 is 0. The molecule has 0 saturated heterocycles. The molecule has 0 saturated carbocycles. The van der Waals surface area contributed by atoms with E-state index in [9.17, 15) is 4.79 Å². The van der Waals surface area contributed by atoms with Gasteiger partial charge < -0.3 is 19.2 Å². The summed E-state index contributed by atoms with van der Waals surface area (Å²) in [5.41, 5.74) is 1.20. The lowest BCUT2D eigenvalue weighted by Crippen LogP contribution is -2.04. The Hall–Kier alpha value is -2.17. The van der Waals surface area contributed by atoms with Gasteiger partial charge >= 0.3 is 5.97 Å². The van der Waals surface area contributed by atoms with Gasteiger partial charge in [0.25, 0.3) is 0 Å². The number of carbonyl (C=O) groups is 1. The molecule has 1 aromatic heterocycles. The van der Waals surface area contributed by atoms with E-state index in [-0.39, 0.29) is 5.97 Å². The van der Waals surface area contributed by atoms with E-state index in [1.165, 1.54) is 0 Å². The van der Waals surface area contributed by atoms with Crippen LogP contribution in [0.5, 0.6) is 11.5 Å². The minimum Gasteiger partial charge on any atom is -0.493 e. The summed E-state index contributed by atoms with van der Waals surface area (Å²) < 4.78 is 15.5. The van der Waals surface area contributed by atoms with Gasteiger partial charge in [-0.3, -0.25) is 0 Å². The highest BCUT2D eigenvalue weighted by molar-refractivity contribution is 5.98. The molecule has 1 aromatic carbocycles. The molecule has 2 aromatic rings. The molecule has 2 rings (SSSR count). The second-order valence-corrected chi connectivity index (χ2v) is 3.67. The summed E-state index contributed by atoms with van der Waals surface area (Å²) in [7, 11) is 3.14. The number of aromatic amines is 1. The maximum atomic E-state index is 11.6. The van der Waals surface area contributed by atoms with Gasteiger partial charge in [0.15, 0.2) is 11.5 Å². The van der Waals surface area contributed by atoms with Gasteiger partial charge in [-0.1, -0.05) is 0 Å². The molecule has 5 nitrogen and oxygen atoms in total. The fourth-order valence-corrected chi connectivity index (χ4v) is 1.85. The zero-order chi connectivity index (χ0) is 13.1. The predicted molar refractivity (Wildman–Crippen MR) is 67.4 cm³/mol. The van der Waals surface area contributed by atoms with E-state index in [0.29, 0.717) is 23.8 Å². The molecule has 0 amide bonds. The summed E-state index contributed by atoms with van der Waals surface area (Å²) in [5.74, 6) is 0.843. The highest BCUT2D eigenvalue weighted by Gasteiger charge is 2.15. The summed E-state index contributed by atoms with van der Waals surface area (Å²) in [4.78, 5) is 14.6. The normalized spacial score (nSPS) is 10.4. The predicted octanol–water partition coefficient (Wildman–Crippen LogP) is 2.36. The fourth-order valence-electron chi connectivity index (χ4n) is 1.85. The second-order valence-electron chi connectivity index (χ2n) is 3.67. The van der Waals surface area contributed by atoms with Crippen LogP contribution in [-0.4, -0.2) is 31.8 Å². The van der Waals surface area contributed by atoms with Crippen LogP contribution in [0.2, 0.25) is 0 Å². The van der Waals surface area contributed by atoms with E-state index >= 15 is 0 Å². The molecule has 0 aliphatic rings. The molecule has 0 atom stereocenters. The molecule has 5 heteroatoms. The lowest BCUT2D eigenvalue weighted by Gasteiger charge is -2.07. The maximum absolute atomic E-state index is 11.6. The Bertz CT molecular complexity index is 574. The third-order valence-corrected chi connectivity index (χ3v) is 2.64. The van der Waals surface area contributed by atoms with E-state index < -0.39 is 0 Å². The maximum Gasteiger partial charge on any atom is 0.354 e. The van der Waals surface area contributed by atoms with Crippen LogP contribution >= 0.6 is 0 Å². The van der Waals surface area contributed by atoms with Crippen molar-refractivity contribution < 1.29 is 19.0 Å². The first kappa shape index (κ1) is 12.3. The monoisotopic (exact) mass is 249 g/mol. The molecule has 0 bridgehead atoms. The SMILES string of the molecule is CCOC(=O)c1cc2c(OC)c(OC)ccc2[nH]1. The Balaban J connectivity index is 2.53. The number of carbonyl (C=O) groups excluding carboxylic acids is 1. The summed E-state index contributed by atoms with van der Waals surface area (Å²) in [6.45, 7) is 2.11. The molecule has 0 radical (unpaired) electrons. The molecule has 96 valence electrons. The zero-order valence-electron chi connectivity index (χ0n) is 10.6. The highest BCUT2D eigenvalue weighted by atomic mass is 16.5. The molecule has 18 heavy (non-hydrogen) atoms. The largest absolute Gasteiger partial charge is 0.493 e. The van der Waals surface area contributed by atoms with Gasteiger partial charge in [0.2, 0.25) is 0 Å². The van der Waals surface area contributed by atoms with Crippen molar-refractivity contribution >= 4 is 16.9 Å². The molecule has 1 heterocycles. The van der Waals surface area contributed by atoms with Crippen molar-refractivity contribution in [3.63, 3.8) is 0 Å². The van der Waals surface area contributed by atoms with Gasteiger partial charge in [-0.2, -0.15) is 0 Å². The van der Waals surface area contributed by atoms with Crippen molar-refractivity contribution in [3.8, 4) is 11.5 Å². The van der Waals surface area contributed by atoms with Crippen molar-refractivity contribution in [1.29, 1.82) is 0 Å². The number of esters is 1. The van der Waals surface area contributed by atoms with Gasteiger partial charge in [0, 0.05) is 5.39 Å². The van der Waals surface area contributed by atoms with E-state index in [1.54, 1.807) is 33.3 Å². The number of ether oxygens (including phenoxy) is 3. The van der Waals surface area contributed by atoms with Gasteiger partial charge in [0.1, 0.15) is 5.69 Å². The first-order chi connectivity index (χ1) is 8.71. The number of benzene rings is 1. The Morgan fingerprint density at radius 2 is 2.06 bits per heavy atom. The molecular formula is C13H15NO4. The average molecular weight is 249 g/mol. The van der Waals surface area contributed by atoms with Crippen LogP contribution in [0.4, 0.5) is 0 Å². The molecule has 0 aliphatic carbocycles. The summed E-state index contributed by atoms with van der Waals surface area (Å²) in [5, 5.41) is 0.792.